The predicted octanol–water partition coefficient (Wildman–Crippen LogP) is 3.94. The van der Waals surface area contributed by atoms with Crippen LogP contribution in [-0.4, -0.2) is 28.7 Å². The maximum Gasteiger partial charge on any atom is 0.271 e. The Hall–Kier alpha value is -2.65. The number of nitrogens with zero attached hydrogens (tertiary/aromatic N) is 2. The topological polar surface area (TPSA) is 94.4 Å². The third-order valence-electron chi connectivity index (χ3n) is 3.26. The SMILES string of the molecule is COc1ccc(SCC(=O)Nc2nc3cc([N+](=O)[O-])ccc3s2)cc1. The maximum absolute atomic E-state index is 12.1. The average molecular weight is 375 g/mol. The molecule has 0 unspecified atom stereocenters. The molecule has 7 nitrogen and oxygen atoms in total. The molecule has 0 aliphatic rings. The van der Waals surface area contributed by atoms with Crippen molar-refractivity contribution in [3.8, 4) is 5.75 Å². The second kappa shape index (κ2) is 7.49. The number of carbonyl (C=O) groups excluding carboxylic acids is 1. The lowest BCUT2D eigenvalue weighted by atomic mass is 10.3. The smallest absolute Gasteiger partial charge is 0.271 e. The zero-order valence-corrected chi connectivity index (χ0v) is 14.7. The minimum absolute atomic E-state index is 0.0225. The number of anilines is 1. The Bertz CT molecular complexity index is 925. The van der Waals surface area contributed by atoms with Crippen molar-refractivity contribution in [3.63, 3.8) is 0 Å². The summed E-state index contributed by atoms with van der Waals surface area (Å²) in [6, 6.07) is 11.9. The molecule has 9 heteroatoms. The molecule has 0 saturated carbocycles. The number of rotatable bonds is 6. The standard InChI is InChI=1S/C16H13N3O4S2/c1-23-11-3-5-12(6-4-11)24-9-15(20)18-16-17-13-8-10(19(21)22)2-7-14(13)25-16/h2-8H,9H2,1H3,(H,17,18,20). The van der Waals surface area contributed by atoms with E-state index in [-0.39, 0.29) is 17.3 Å². The largest absolute Gasteiger partial charge is 0.497 e. The number of benzene rings is 2. The number of nitro benzene ring substituents is 1. The van der Waals surface area contributed by atoms with Crippen LogP contribution in [0.25, 0.3) is 10.2 Å². The van der Waals surface area contributed by atoms with Crippen molar-refractivity contribution in [2.45, 2.75) is 4.90 Å². The summed E-state index contributed by atoms with van der Waals surface area (Å²) in [5.41, 5.74) is 0.475. The Labute approximate surface area is 151 Å². The Morgan fingerprint density at radius 2 is 2.08 bits per heavy atom. The summed E-state index contributed by atoms with van der Waals surface area (Å²) in [6.45, 7) is 0. The van der Waals surface area contributed by atoms with Gasteiger partial charge in [0.2, 0.25) is 5.91 Å². The van der Waals surface area contributed by atoms with Crippen LogP contribution in [0, 0.1) is 10.1 Å². The van der Waals surface area contributed by atoms with Crippen LogP contribution in [0.5, 0.6) is 5.75 Å². The van der Waals surface area contributed by atoms with E-state index in [9.17, 15) is 14.9 Å². The highest BCUT2D eigenvalue weighted by molar-refractivity contribution is 8.00. The van der Waals surface area contributed by atoms with Gasteiger partial charge in [-0.3, -0.25) is 14.9 Å². The first-order valence-corrected chi connectivity index (χ1v) is 8.97. The number of non-ortho nitro benzene ring substituents is 1. The number of thiazole rings is 1. The monoisotopic (exact) mass is 375 g/mol. The minimum atomic E-state index is -0.470. The predicted molar refractivity (Wildman–Crippen MR) is 98.6 cm³/mol. The first-order chi connectivity index (χ1) is 12.0. The number of nitro groups is 1. The van der Waals surface area contributed by atoms with Crippen molar-refractivity contribution in [2.24, 2.45) is 0 Å². The fraction of sp³-hybridized carbons (Fsp3) is 0.125. The lowest BCUT2D eigenvalue weighted by Crippen LogP contribution is -2.13. The van der Waals surface area contributed by atoms with Crippen LogP contribution < -0.4 is 10.1 Å². The molecule has 1 aromatic heterocycles. The van der Waals surface area contributed by atoms with Crippen LogP contribution in [0.2, 0.25) is 0 Å². The first-order valence-electron chi connectivity index (χ1n) is 7.17. The number of fused-ring (bicyclic) bond motifs is 1. The van der Waals surface area contributed by atoms with Gasteiger partial charge < -0.3 is 10.1 Å². The summed E-state index contributed by atoms with van der Waals surface area (Å²) in [6.07, 6.45) is 0. The van der Waals surface area contributed by atoms with Crippen molar-refractivity contribution < 1.29 is 14.5 Å². The molecule has 3 rings (SSSR count). The molecule has 128 valence electrons. The summed E-state index contributed by atoms with van der Waals surface area (Å²) in [5.74, 6) is 0.814. The Kier molecular flexibility index (Phi) is 5.15. The average Bonchev–Trinajstić information content (AvgIpc) is 3.01. The van der Waals surface area contributed by atoms with Crippen molar-refractivity contribution in [1.82, 2.24) is 4.98 Å². The number of thioether (sulfide) groups is 1. The van der Waals surface area contributed by atoms with Crippen molar-refractivity contribution in [1.29, 1.82) is 0 Å². The Morgan fingerprint density at radius 3 is 2.76 bits per heavy atom. The van der Waals surface area contributed by atoms with E-state index in [1.807, 2.05) is 24.3 Å². The first kappa shape index (κ1) is 17.2. The van der Waals surface area contributed by atoms with Gasteiger partial charge in [0.1, 0.15) is 5.75 Å². The van der Waals surface area contributed by atoms with E-state index >= 15 is 0 Å². The summed E-state index contributed by atoms with van der Waals surface area (Å²) >= 11 is 2.68. The normalized spacial score (nSPS) is 10.6. The van der Waals surface area contributed by atoms with E-state index in [4.69, 9.17) is 4.74 Å². The van der Waals surface area contributed by atoms with Gasteiger partial charge in [-0.1, -0.05) is 11.3 Å². The highest BCUT2D eigenvalue weighted by Gasteiger charge is 2.12. The molecule has 1 N–H and O–H groups in total. The summed E-state index contributed by atoms with van der Waals surface area (Å²) in [7, 11) is 1.60. The molecule has 0 radical (unpaired) electrons. The summed E-state index contributed by atoms with van der Waals surface area (Å²) in [4.78, 5) is 27.6. The van der Waals surface area contributed by atoms with Gasteiger partial charge in [-0.2, -0.15) is 0 Å². The Morgan fingerprint density at radius 1 is 1.32 bits per heavy atom. The van der Waals surface area contributed by atoms with Crippen LogP contribution in [0.3, 0.4) is 0 Å². The number of hydrogen-bond donors (Lipinski definition) is 1. The quantitative estimate of drug-likeness (QED) is 0.398. The fourth-order valence-electron chi connectivity index (χ4n) is 2.06. The van der Waals surface area contributed by atoms with Crippen LogP contribution in [0.4, 0.5) is 10.8 Å². The van der Waals surface area contributed by atoms with E-state index in [0.717, 1.165) is 15.3 Å². The second-order valence-electron chi connectivity index (χ2n) is 4.94. The minimum Gasteiger partial charge on any atom is -0.497 e. The molecular weight excluding hydrogens is 362 g/mol. The molecule has 1 amide bonds. The molecule has 0 saturated heterocycles. The van der Waals surface area contributed by atoms with Crippen molar-refractivity contribution in [2.75, 3.05) is 18.2 Å². The van der Waals surface area contributed by atoms with E-state index in [0.29, 0.717) is 10.6 Å². The summed E-state index contributed by atoms with van der Waals surface area (Å²) in [5, 5.41) is 13.9. The molecule has 0 fully saturated rings. The van der Waals surface area contributed by atoms with Crippen LogP contribution in [-0.2, 0) is 4.79 Å². The number of methoxy groups -OCH3 is 1. The van der Waals surface area contributed by atoms with Crippen LogP contribution in [0.15, 0.2) is 47.4 Å². The highest BCUT2D eigenvalue weighted by Crippen LogP contribution is 2.29. The van der Waals surface area contributed by atoms with Gasteiger partial charge in [-0.05, 0) is 30.3 Å². The molecule has 0 atom stereocenters. The fourth-order valence-corrected chi connectivity index (χ4v) is 3.62. The second-order valence-corrected chi connectivity index (χ2v) is 7.02. The van der Waals surface area contributed by atoms with Gasteiger partial charge in [0.05, 0.1) is 28.0 Å². The van der Waals surface area contributed by atoms with E-state index < -0.39 is 4.92 Å². The molecule has 1 heterocycles. The lowest BCUT2D eigenvalue weighted by Gasteiger charge is -2.03. The number of amides is 1. The number of aromatic nitrogens is 1. The molecule has 0 aliphatic carbocycles. The van der Waals surface area contributed by atoms with Gasteiger partial charge in [-0.15, -0.1) is 11.8 Å². The molecule has 0 spiro atoms. The maximum atomic E-state index is 12.1. The molecule has 3 aromatic rings. The van der Waals surface area contributed by atoms with E-state index in [1.54, 1.807) is 13.2 Å². The van der Waals surface area contributed by atoms with Gasteiger partial charge in [0.15, 0.2) is 5.13 Å². The van der Waals surface area contributed by atoms with Gasteiger partial charge in [0, 0.05) is 17.0 Å². The zero-order valence-electron chi connectivity index (χ0n) is 13.1. The third-order valence-corrected chi connectivity index (χ3v) is 5.22. The van der Waals surface area contributed by atoms with Crippen molar-refractivity contribution >= 4 is 50.0 Å². The van der Waals surface area contributed by atoms with E-state index in [1.165, 1.54) is 35.2 Å². The van der Waals surface area contributed by atoms with Crippen molar-refractivity contribution in [3.05, 3.63) is 52.6 Å². The molecular formula is C16H13N3O4S2. The number of ether oxygens (including phenoxy) is 1. The number of carbonyl (C=O) groups is 1. The van der Waals surface area contributed by atoms with E-state index in [2.05, 4.69) is 10.3 Å². The highest BCUT2D eigenvalue weighted by atomic mass is 32.2. The third kappa shape index (κ3) is 4.25. The van der Waals surface area contributed by atoms with Crippen LogP contribution in [0.1, 0.15) is 0 Å². The summed E-state index contributed by atoms with van der Waals surface area (Å²) < 4.78 is 5.87. The Balaban J connectivity index is 1.62. The van der Waals surface area contributed by atoms with Gasteiger partial charge in [0.25, 0.3) is 5.69 Å². The van der Waals surface area contributed by atoms with Crippen LogP contribution >= 0.6 is 23.1 Å². The van der Waals surface area contributed by atoms with Gasteiger partial charge >= 0.3 is 0 Å². The molecule has 0 aliphatic heterocycles. The van der Waals surface area contributed by atoms with Gasteiger partial charge in [-0.25, -0.2) is 4.98 Å². The zero-order chi connectivity index (χ0) is 17.8. The molecule has 0 bridgehead atoms. The molecule has 2 aromatic carbocycles. The number of hydrogen-bond acceptors (Lipinski definition) is 7. The molecule has 25 heavy (non-hydrogen) atoms. The lowest BCUT2D eigenvalue weighted by molar-refractivity contribution is -0.384. The number of nitrogens with one attached hydrogen (secondary N) is 1.